The molecule has 0 aliphatic carbocycles. The molecule has 6 nitrogen and oxygen atoms in total. The van der Waals surface area contributed by atoms with E-state index in [1.165, 1.54) is 11.3 Å². The Hall–Kier alpha value is -3.16. The number of nitrogens with one attached hydrogen (secondary N) is 1. The fraction of sp³-hybridized carbons (Fsp3) is 0. The highest BCUT2D eigenvalue weighted by Gasteiger charge is 2.22. The molecular weight excluding hydrogens is 386 g/mol. The number of rotatable bonds is 4. The number of primary amides is 1. The third-order valence-corrected chi connectivity index (χ3v) is 4.99. The largest absolute Gasteiger partial charge is 0.449 e. The van der Waals surface area contributed by atoms with E-state index in [4.69, 9.17) is 21.8 Å². The predicted octanol–water partition coefficient (Wildman–Crippen LogP) is 4.56. The van der Waals surface area contributed by atoms with Crippen LogP contribution in [0.4, 0.5) is 5.69 Å². The lowest BCUT2D eigenvalue weighted by Crippen LogP contribution is -2.17. The van der Waals surface area contributed by atoms with E-state index in [2.05, 4.69) is 10.3 Å². The van der Waals surface area contributed by atoms with Crippen molar-refractivity contribution in [2.45, 2.75) is 0 Å². The van der Waals surface area contributed by atoms with Crippen molar-refractivity contribution in [2.75, 3.05) is 5.32 Å². The lowest BCUT2D eigenvalue weighted by Gasteiger charge is -2.02. The Bertz CT molecular complexity index is 1180. The Morgan fingerprint density at radius 2 is 1.96 bits per heavy atom. The number of thiazole rings is 1. The van der Waals surface area contributed by atoms with Gasteiger partial charge in [0.1, 0.15) is 22.0 Å². The number of carbonyl (C=O) groups excluding carboxylic acids is 2. The van der Waals surface area contributed by atoms with Crippen LogP contribution in [0.5, 0.6) is 0 Å². The summed E-state index contributed by atoms with van der Waals surface area (Å²) in [5, 5.41) is 6.17. The molecule has 4 aromatic rings. The predicted molar refractivity (Wildman–Crippen MR) is 105 cm³/mol. The highest BCUT2D eigenvalue weighted by molar-refractivity contribution is 7.13. The van der Waals surface area contributed by atoms with E-state index in [0.29, 0.717) is 21.0 Å². The van der Waals surface area contributed by atoms with Crippen molar-refractivity contribution < 1.29 is 14.0 Å². The number of benzene rings is 2. The number of para-hydroxylation sites is 1. The van der Waals surface area contributed by atoms with Gasteiger partial charge in [0.2, 0.25) is 5.76 Å². The van der Waals surface area contributed by atoms with Gasteiger partial charge in [0.15, 0.2) is 0 Å². The van der Waals surface area contributed by atoms with Crippen LogP contribution in [0.2, 0.25) is 5.02 Å². The van der Waals surface area contributed by atoms with Crippen molar-refractivity contribution in [3.8, 4) is 10.6 Å². The average Bonchev–Trinajstić information content (AvgIpc) is 3.27. The number of furan rings is 1. The summed E-state index contributed by atoms with van der Waals surface area (Å²) in [4.78, 5) is 28.7. The van der Waals surface area contributed by atoms with Crippen LogP contribution in [0, 0.1) is 0 Å². The van der Waals surface area contributed by atoms with Crippen LogP contribution in [0.1, 0.15) is 21.0 Å². The molecule has 0 bridgehead atoms. The van der Waals surface area contributed by atoms with Gasteiger partial charge in [-0.2, -0.15) is 0 Å². The zero-order valence-corrected chi connectivity index (χ0v) is 15.3. The van der Waals surface area contributed by atoms with E-state index in [1.54, 1.807) is 41.8 Å². The number of hydrogen-bond acceptors (Lipinski definition) is 5. The van der Waals surface area contributed by atoms with Gasteiger partial charge in [-0.1, -0.05) is 35.9 Å². The van der Waals surface area contributed by atoms with Crippen LogP contribution in [0.25, 0.3) is 21.5 Å². The minimum atomic E-state index is -0.764. The summed E-state index contributed by atoms with van der Waals surface area (Å²) >= 11 is 7.33. The number of hydrogen-bond donors (Lipinski definition) is 2. The number of nitrogens with two attached hydrogens (primary N) is 1. The van der Waals surface area contributed by atoms with E-state index in [1.807, 2.05) is 12.1 Å². The average molecular weight is 398 g/mol. The summed E-state index contributed by atoms with van der Waals surface area (Å²) in [6, 6.07) is 14.2. The first-order valence-corrected chi connectivity index (χ1v) is 9.13. The normalized spacial score (nSPS) is 10.9. The molecule has 0 fully saturated rings. The van der Waals surface area contributed by atoms with Gasteiger partial charge in [-0.05, 0) is 24.3 Å². The summed E-state index contributed by atoms with van der Waals surface area (Å²) < 4.78 is 5.46. The topological polar surface area (TPSA) is 98.2 Å². The Labute approximate surface area is 162 Å². The molecule has 0 aliphatic rings. The lowest BCUT2D eigenvalue weighted by atomic mass is 10.2. The minimum Gasteiger partial charge on any atom is -0.449 e. The Morgan fingerprint density at radius 1 is 1.15 bits per heavy atom. The van der Waals surface area contributed by atoms with E-state index in [9.17, 15) is 9.59 Å². The van der Waals surface area contributed by atoms with Crippen molar-refractivity contribution in [3.63, 3.8) is 0 Å². The molecule has 27 heavy (non-hydrogen) atoms. The molecule has 2 heterocycles. The van der Waals surface area contributed by atoms with E-state index >= 15 is 0 Å². The molecule has 0 saturated heterocycles. The zero-order chi connectivity index (χ0) is 19.0. The van der Waals surface area contributed by atoms with Crippen LogP contribution in [0.15, 0.2) is 58.3 Å². The summed E-state index contributed by atoms with van der Waals surface area (Å²) in [6.07, 6.45) is 0. The van der Waals surface area contributed by atoms with Crippen LogP contribution in [0.3, 0.4) is 0 Å². The maximum atomic E-state index is 12.7. The van der Waals surface area contributed by atoms with Crippen molar-refractivity contribution in [1.29, 1.82) is 0 Å². The van der Waals surface area contributed by atoms with E-state index in [-0.39, 0.29) is 17.1 Å². The molecule has 0 saturated carbocycles. The van der Waals surface area contributed by atoms with Gasteiger partial charge in [0, 0.05) is 21.4 Å². The SMILES string of the molecule is NC(=O)c1oc2ccccc2c1NC(=O)c1csc(-c2cccc(Cl)c2)n1. The number of amides is 2. The monoisotopic (exact) mass is 397 g/mol. The molecule has 0 unspecified atom stereocenters. The number of halogens is 1. The van der Waals surface area contributed by atoms with Gasteiger partial charge in [-0.25, -0.2) is 4.98 Å². The van der Waals surface area contributed by atoms with Crippen LogP contribution < -0.4 is 11.1 Å². The van der Waals surface area contributed by atoms with Crippen molar-refractivity contribution in [1.82, 2.24) is 4.98 Å². The van der Waals surface area contributed by atoms with Gasteiger partial charge in [-0.15, -0.1) is 11.3 Å². The molecular formula is C19H12ClN3O3S. The summed E-state index contributed by atoms with van der Waals surface area (Å²) in [5.74, 6) is -1.33. The molecule has 8 heteroatoms. The number of aromatic nitrogens is 1. The second-order valence-electron chi connectivity index (χ2n) is 5.67. The van der Waals surface area contributed by atoms with E-state index in [0.717, 1.165) is 5.56 Å². The van der Waals surface area contributed by atoms with E-state index < -0.39 is 11.8 Å². The summed E-state index contributed by atoms with van der Waals surface area (Å²) in [6.45, 7) is 0. The van der Waals surface area contributed by atoms with Crippen LogP contribution in [-0.2, 0) is 0 Å². The minimum absolute atomic E-state index is 0.102. The smallest absolute Gasteiger partial charge is 0.286 e. The molecule has 134 valence electrons. The second kappa shape index (κ2) is 6.86. The standard InChI is InChI=1S/C19H12ClN3O3S/c20-11-5-3-4-10(8-11)19-22-13(9-27-19)18(25)23-15-12-6-1-2-7-14(12)26-16(15)17(21)24/h1-9H,(H2,21,24)(H,23,25). The number of carbonyl (C=O) groups is 2. The second-order valence-corrected chi connectivity index (χ2v) is 6.96. The molecule has 0 radical (unpaired) electrons. The highest BCUT2D eigenvalue weighted by Crippen LogP contribution is 2.31. The third-order valence-electron chi connectivity index (χ3n) is 3.87. The molecule has 2 aromatic heterocycles. The first kappa shape index (κ1) is 17.3. The number of fused-ring (bicyclic) bond motifs is 1. The van der Waals surface area contributed by atoms with Crippen LogP contribution in [-0.4, -0.2) is 16.8 Å². The lowest BCUT2D eigenvalue weighted by molar-refractivity contribution is 0.0977. The highest BCUT2D eigenvalue weighted by atomic mass is 35.5. The first-order valence-electron chi connectivity index (χ1n) is 7.87. The van der Waals surface area contributed by atoms with Crippen molar-refractivity contribution in [3.05, 3.63) is 70.4 Å². The van der Waals surface area contributed by atoms with Gasteiger partial charge >= 0.3 is 0 Å². The first-order chi connectivity index (χ1) is 13.0. The van der Waals surface area contributed by atoms with Gasteiger partial charge in [0.25, 0.3) is 11.8 Å². The number of nitrogens with zero attached hydrogens (tertiary/aromatic N) is 1. The molecule has 0 aliphatic heterocycles. The molecule has 4 rings (SSSR count). The Kier molecular flexibility index (Phi) is 4.39. The van der Waals surface area contributed by atoms with Crippen molar-refractivity contribution >= 4 is 51.4 Å². The number of anilines is 1. The fourth-order valence-corrected chi connectivity index (χ4v) is 3.64. The summed E-state index contributed by atoms with van der Waals surface area (Å²) in [5.41, 5.74) is 7.11. The molecule has 3 N–H and O–H groups in total. The Morgan fingerprint density at radius 3 is 2.74 bits per heavy atom. The Balaban J connectivity index is 1.67. The van der Waals surface area contributed by atoms with Gasteiger partial charge in [0.05, 0.1) is 0 Å². The molecule has 0 spiro atoms. The van der Waals surface area contributed by atoms with Gasteiger partial charge in [-0.3, -0.25) is 9.59 Å². The zero-order valence-electron chi connectivity index (χ0n) is 13.7. The summed E-state index contributed by atoms with van der Waals surface area (Å²) in [7, 11) is 0. The van der Waals surface area contributed by atoms with Crippen LogP contribution >= 0.6 is 22.9 Å². The fourth-order valence-electron chi connectivity index (χ4n) is 2.65. The maximum Gasteiger partial charge on any atom is 0.286 e. The van der Waals surface area contributed by atoms with Crippen molar-refractivity contribution in [2.24, 2.45) is 5.73 Å². The quantitative estimate of drug-likeness (QED) is 0.527. The third kappa shape index (κ3) is 3.30. The molecule has 0 atom stereocenters. The molecule has 2 amide bonds. The molecule has 2 aromatic carbocycles. The maximum absolute atomic E-state index is 12.7. The van der Waals surface area contributed by atoms with Gasteiger partial charge < -0.3 is 15.5 Å².